The van der Waals surface area contributed by atoms with Crippen LogP contribution in [-0.2, 0) is 28.6 Å². The Morgan fingerprint density at radius 2 is 0.707 bits per heavy atom. The summed E-state index contributed by atoms with van der Waals surface area (Å²) < 4.78 is 16.6. The summed E-state index contributed by atoms with van der Waals surface area (Å²) in [6.45, 7) is 6.29. The molecule has 326 valence electrons. The molecule has 0 aromatic heterocycles. The first-order valence-electron chi connectivity index (χ1n) is 23.0. The normalized spacial score (nSPS) is 13.1. The summed E-state index contributed by atoms with van der Waals surface area (Å²) in [5.41, 5.74) is 0. The molecular formula is C52H82O6. The molecule has 58 heavy (non-hydrogen) atoms. The maximum Gasteiger partial charge on any atom is 0.306 e. The van der Waals surface area contributed by atoms with E-state index in [0.29, 0.717) is 19.3 Å². The lowest BCUT2D eigenvalue weighted by Gasteiger charge is -2.18. The first-order valence-corrected chi connectivity index (χ1v) is 23.0. The van der Waals surface area contributed by atoms with Crippen molar-refractivity contribution in [2.75, 3.05) is 13.2 Å². The fourth-order valence-corrected chi connectivity index (χ4v) is 5.67. The number of hydrogen-bond donors (Lipinski definition) is 0. The van der Waals surface area contributed by atoms with E-state index >= 15 is 0 Å². The van der Waals surface area contributed by atoms with E-state index in [1.54, 1.807) is 0 Å². The van der Waals surface area contributed by atoms with Crippen LogP contribution in [0.15, 0.2) is 109 Å². The third-order valence-corrected chi connectivity index (χ3v) is 9.16. The van der Waals surface area contributed by atoms with Gasteiger partial charge in [-0.3, -0.25) is 14.4 Å². The van der Waals surface area contributed by atoms with Gasteiger partial charge in [-0.2, -0.15) is 0 Å². The lowest BCUT2D eigenvalue weighted by Crippen LogP contribution is -2.30. The van der Waals surface area contributed by atoms with Gasteiger partial charge in [0.2, 0.25) is 0 Å². The Balaban J connectivity index is 4.58. The molecule has 0 fully saturated rings. The topological polar surface area (TPSA) is 78.9 Å². The van der Waals surface area contributed by atoms with Gasteiger partial charge in [0.25, 0.3) is 0 Å². The second kappa shape index (κ2) is 45.8. The molecule has 0 rings (SSSR count). The molecule has 6 heteroatoms. The van der Waals surface area contributed by atoms with Crippen LogP contribution in [0.1, 0.15) is 181 Å². The van der Waals surface area contributed by atoms with Gasteiger partial charge in [0.1, 0.15) is 13.2 Å². The number of allylic oxidation sites excluding steroid dienone is 18. The maximum absolute atomic E-state index is 12.7. The number of carbonyl (C=O) groups excluding carboxylic acids is 3. The van der Waals surface area contributed by atoms with Gasteiger partial charge in [-0.25, -0.2) is 0 Å². The van der Waals surface area contributed by atoms with Crippen molar-refractivity contribution in [2.24, 2.45) is 0 Å². The summed E-state index contributed by atoms with van der Waals surface area (Å²) in [6.07, 6.45) is 60.8. The van der Waals surface area contributed by atoms with Crippen molar-refractivity contribution < 1.29 is 28.6 Å². The molecule has 0 amide bonds. The van der Waals surface area contributed by atoms with E-state index in [1.807, 2.05) is 54.7 Å². The van der Waals surface area contributed by atoms with E-state index in [-0.39, 0.29) is 31.6 Å². The number of unbranched alkanes of at least 4 members (excludes halogenated alkanes) is 16. The summed E-state index contributed by atoms with van der Waals surface area (Å²) in [5, 5.41) is 0. The fourth-order valence-electron chi connectivity index (χ4n) is 5.67. The highest BCUT2D eigenvalue weighted by atomic mass is 16.6. The molecule has 1 atom stereocenters. The predicted octanol–water partition coefficient (Wildman–Crippen LogP) is 14.8. The molecule has 0 saturated carbocycles. The smallest absolute Gasteiger partial charge is 0.306 e. The highest BCUT2D eigenvalue weighted by Crippen LogP contribution is 2.11. The van der Waals surface area contributed by atoms with Gasteiger partial charge in [-0.05, 0) is 77.0 Å². The van der Waals surface area contributed by atoms with E-state index in [4.69, 9.17) is 14.2 Å². The monoisotopic (exact) mass is 803 g/mol. The molecular weight excluding hydrogens is 721 g/mol. The molecule has 1 unspecified atom stereocenters. The predicted molar refractivity (Wildman–Crippen MR) is 247 cm³/mol. The Morgan fingerprint density at radius 3 is 1.17 bits per heavy atom. The Morgan fingerprint density at radius 1 is 0.362 bits per heavy atom. The van der Waals surface area contributed by atoms with Crippen molar-refractivity contribution >= 4 is 17.9 Å². The quantitative estimate of drug-likeness (QED) is 0.0267. The fraction of sp³-hybridized carbons (Fsp3) is 0.596. The van der Waals surface area contributed by atoms with E-state index in [2.05, 4.69) is 75.5 Å². The van der Waals surface area contributed by atoms with Crippen LogP contribution in [0.5, 0.6) is 0 Å². The van der Waals surface area contributed by atoms with Crippen LogP contribution in [0.2, 0.25) is 0 Å². The SMILES string of the molecule is CC\C=C/C=C\C=C/C=C\C=C/CCCC(=O)OC(COC(=O)CCCCC/C=C\C=C/CCCC)COC(=O)CCCCC/C=C\C=C/CCCCCCCCC. The molecule has 0 aliphatic heterocycles. The second-order valence-corrected chi connectivity index (χ2v) is 14.8. The van der Waals surface area contributed by atoms with Gasteiger partial charge in [0.05, 0.1) is 0 Å². The zero-order valence-corrected chi connectivity index (χ0v) is 37.0. The van der Waals surface area contributed by atoms with Gasteiger partial charge in [-0.15, -0.1) is 0 Å². The highest BCUT2D eigenvalue weighted by molar-refractivity contribution is 5.71. The standard InChI is InChI=1S/C52H82O6/c1-4-7-10-13-16-19-22-24-25-26-28-30-33-36-39-42-45-51(54)57-48-49(47-56-50(53)44-41-38-35-32-29-21-18-15-12-9-6-3)58-52(55)46-43-40-37-34-31-27-23-20-17-14-11-8-5-2/h8,11,14-15,17-18,20-21,23,25-31,34,37,49H,4-7,9-10,12-13,16,19,22,24,32-33,35-36,38-48H2,1-3H3/b11-8-,17-14-,18-15-,23-20-,26-25-,29-21-,30-28-,31-27-,37-34-. The molecule has 0 saturated heterocycles. The average molecular weight is 803 g/mol. The summed E-state index contributed by atoms with van der Waals surface area (Å²) in [5.74, 6) is -1.07. The van der Waals surface area contributed by atoms with E-state index in [9.17, 15) is 14.4 Å². The van der Waals surface area contributed by atoms with Crippen LogP contribution in [-0.4, -0.2) is 37.2 Å². The molecule has 0 aliphatic carbocycles. The summed E-state index contributed by atoms with van der Waals surface area (Å²) in [4.78, 5) is 37.7. The molecule has 0 aromatic rings. The van der Waals surface area contributed by atoms with Crippen LogP contribution in [0.4, 0.5) is 0 Å². The molecule has 0 aromatic carbocycles. The number of esters is 3. The minimum Gasteiger partial charge on any atom is -0.462 e. The molecule has 6 nitrogen and oxygen atoms in total. The second-order valence-electron chi connectivity index (χ2n) is 14.8. The zero-order valence-electron chi connectivity index (χ0n) is 37.0. The largest absolute Gasteiger partial charge is 0.462 e. The zero-order chi connectivity index (χ0) is 42.3. The minimum absolute atomic E-state index is 0.132. The molecule has 0 spiro atoms. The summed E-state index contributed by atoms with van der Waals surface area (Å²) in [7, 11) is 0. The van der Waals surface area contributed by atoms with Crippen molar-refractivity contribution in [3.8, 4) is 0 Å². The third kappa shape index (κ3) is 43.2. The average Bonchev–Trinajstić information content (AvgIpc) is 3.22. The molecule has 0 N–H and O–H groups in total. The van der Waals surface area contributed by atoms with Crippen LogP contribution in [0.25, 0.3) is 0 Å². The molecule has 0 aliphatic rings. The maximum atomic E-state index is 12.7. The Labute approximate surface area is 355 Å². The molecule has 0 heterocycles. The number of rotatable bonds is 39. The lowest BCUT2D eigenvalue weighted by molar-refractivity contribution is -0.167. The highest BCUT2D eigenvalue weighted by Gasteiger charge is 2.19. The molecule has 0 bridgehead atoms. The van der Waals surface area contributed by atoms with E-state index in [1.165, 1.54) is 57.8 Å². The van der Waals surface area contributed by atoms with Gasteiger partial charge < -0.3 is 14.2 Å². The summed E-state index contributed by atoms with van der Waals surface area (Å²) in [6, 6.07) is 0. The van der Waals surface area contributed by atoms with Crippen LogP contribution < -0.4 is 0 Å². The van der Waals surface area contributed by atoms with Crippen molar-refractivity contribution in [3.63, 3.8) is 0 Å². The van der Waals surface area contributed by atoms with Gasteiger partial charge in [-0.1, -0.05) is 194 Å². The third-order valence-electron chi connectivity index (χ3n) is 9.16. The minimum atomic E-state index is -0.836. The van der Waals surface area contributed by atoms with Crippen LogP contribution in [0, 0.1) is 0 Å². The first kappa shape index (κ1) is 54.1. The first-order chi connectivity index (χ1) is 28.5. The molecule has 0 radical (unpaired) electrons. The lowest BCUT2D eigenvalue weighted by atomic mass is 10.1. The Bertz CT molecular complexity index is 1240. The van der Waals surface area contributed by atoms with Crippen molar-refractivity contribution in [1.82, 2.24) is 0 Å². The van der Waals surface area contributed by atoms with Gasteiger partial charge in [0.15, 0.2) is 6.10 Å². The number of ether oxygens (including phenoxy) is 3. The van der Waals surface area contributed by atoms with Crippen molar-refractivity contribution in [3.05, 3.63) is 109 Å². The van der Waals surface area contributed by atoms with Gasteiger partial charge >= 0.3 is 17.9 Å². The van der Waals surface area contributed by atoms with Crippen LogP contribution in [0.3, 0.4) is 0 Å². The van der Waals surface area contributed by atoms with Crippen LogP contribution >= 0.6 is 0 Å². The van der Waals surface area contributed by atoms with E-state index in [0.717, 1.165) is 77.0 Å². The number of carbonyl (C=O) groups is 3. The van der Waals surface area contributed by atoms with Crippen molar-refractivity contribution in [1.29, 1.82) is 0 Å². The van der Waals surface area contributed by atoms with Gasteiger partial charge in [0, 0.05) is 19.3 Å². The number of hydrogen-bond acceptors (Lipinski definition) is 6. The van der Waals surface area contributed by atoms with Crippen molar-refractivity contribution in [2.45, 2.75) is 187 Å². The Hall–Kier alpha value is -3.93. The summed E-state index contributed by atoms with van der Waals surface area (Å²) >= 11 is 0. The Kier molecular flexibility index (Phi) is 42.7. The van der Waals surface area contributed by atoms with E-state index < -0.39 is 12.1 Å².